The van der Waals surface area contributed by atoms with Crippen molar-refractivity contribution in [2.45, 2.75) is 51.9 Å². The largest absolute Gasteiger partial charge is 0.463 e. The molecule has 0 saturated carbocycles. The van der Waals surface area contributed by atoms with Crippen LogP contribution in [0.4, 0.5) is 0 Å². The summed E-state index contributed by atoms with van der Waals surface area (Å²) in [6.45, 7) is 8.69. The molecule has 1 aliphatic carbocycles. The van der Waals surface area contributed by atoms with Crippen LogP contribution in [-0.4, -0.2) is 27.0 Å². The van der Waals surface area contributed by atoms with Gasteiger partial charge in [-0.05, 0) is 45.8 Å². The van der Waals surface area contributed by atoms with Crippen LogP contribution in [0.15, 0.2) is 11.6 Å². The van der Waals surface area contributed by atoms with E-state index in [1.807, 2.05) is 13.0 Å². The summed E-state index contributed by atoms with van der Waals surface area (Å²) < 4.78 is 11.1. The van der Waals surface area contributed by atoms with Crippen molar-refractivity contribution < 1.29 is 14.0 Å². The van der Waals surface area contributed by atoms with E-state index >= 15 is 0 Å². The topological polar surface area (TPSA) is 35.5 Å². The Bertz CT molecular complexity index is 278. The number of ether oxygens (including phenoxy) is 1. The van der Waals surface area contributed by atoms with Crippen LogP contribution in [0, 0.1) is 0 Å². The first-order chi connectivity index (χ1) is 7.44. The second-order valence-corrected chi connectivity index (χ2v) is 9.49. The molecule has 0 N–H and O–H groups in total. The predicted molar refractivity (Wildman–Crippen MR) is 66.8 cm³/mol. The summed E-state index contributed by atoms with van der Waals surface area (Å²) in [5.74, 6) is -0.203. The van der Waals surface area contributed by atoms with Crippen molar-refractivity contribution in [3.8, 4) is 0 Å². The van der Waals surface area contributed by atoms with Crippen LogP contribution in [0.5, 0.6) is 0 Å². The van der Waals surface area contributed by atoms with E-state index in [0.29, 0.717) is 6.61 Å². The van der Waals surface area contributed by atoms with Crippen LogP contribution in [0.3, 0.4) is 0 Å². The van der Waals surface area contributed by atoms with Crippen LogP contribution in [0.25, 0.3) is 0 Å². The normalized spacial score (nSPS) is 21.5. The van der Waals surface area contributed by atoms with Crippen molar-refractivity contribution in [3.63, 3.8) is 0 Å². The first kappa shape index (κ1) is 13.5. The zero-order valence-electron chi connectivity index (χ0n) is 10.7. The molecule has 0 aromatic heterocycles. The highest BCUT2D eigenvalue weighted by molar-refractivity contribution is 6.69. The molecule has 0 aromatic carbocycles. The fourth-order valence-electron chi connectivity index (χ4n) is 1.83. The zero-order chi connectivity index (χ0) is 12.2. The average Bonchev–Trinajstić information content (AvgIpc) is 2.16. The molecule has 0 amide bonds. The highest BCUT2D eigenvalue weighted by Crippen LogP contribution is 2.25. The van der Waals surface area contributed by atoms with Gasteiger partial charge in [-0.15, -0.1) is 0 Å². The SMILES string of the molecule is CCOC(=O)C1=CCCCC1O[Si](C)(C)C. The molecule has 92 valence electrons. The second kappa shape index (κ2) is 5.64. The summed E-state index contributed by atoms with van der Waals surface area (Å²) in [4.78, 5) is 11.7. The fraction of sp³-hybridized carbons (Fsp3) is 0.750. The number of esters is 1. The van der Waals surface area contributed by atoms with Gasteiger partial charge in [0.1, 0.15) is 0 Å². The lowest BCUT2D eigenvalue weighted by molar-refractivity contribution is -0.139. The Morgan fingerprint density at radius 2 is 2.19 bits per heavy atom. The number of hydrogen-bond acceptors (Lipinski definition) is 3. The van der Waals surface area contributed by atoms with Crippen molar-refractivity contribution in [2.75, 3.05) is 6.61 Å². The molecule has 0 aromatic rings. The minimum atomic E-state index is -1.60. The van der Waals surface area contributed by atoms with Gasteiger partial charge >= 0.3 is 5.97 Å². The maximum absolute atomic E-state index is 11.7. The molecule has 0 fully saturated rings. The number of hydrogen-bond donors (Lipinski definition) is 0. The lowest BCUT2D eigenvalue weighted by Gasteiger charge is -2.29. The number of carbonyl (C=O) groups excluding carboxylic acids is 1. The number of allylic oxidation sites excluding steroid dienone is 1. The monoisotopic (exact) mass is 242 g/mol. The van der Waals surface area contributed by atoms with Gasteiger partial charge in [-0.25, -0.2) is 4.79 Å². The summed E-state index contributed by atoms with van der Waals surface area (Å²) in [7, 11) is -1.60. The molecule has 0 aliphatic heterocycles. The summed E-state index contributed by atoms with van der Waals surface area (Å²) in [6.07, 6.45) is 4.93. The third kappa shape index (κ3) is 4.10. The molecule has 1 rings (SSSR count). The Balaban J connectivity index is 2.71. The Kier molecular flexibility index (Phi) is 4.74. The van der Waals surface area contributed by atoms with Crippen LogP contribution in [0.1, 0.15) is 26.2 Å². The molecular weight excluding hydrogens is 220 g/mol. The average molecular weight is 242 g/mol. The van der Waals surface area contributed by atoms with Gasteiger partial charge in [-0.1, -0.05) is 6.08 Å². The Morgan fingerprint density at radius 1 is 1.50 bits per heavy atom. The smallest absolute Gasteiger partial charge is 0.336 e. The van der Waals surface area contributed by atoms with E-state index in [4.69, 9.17) is 9.16 Å². The zero-order valence-corrected chi connectivity index (χ0v) is 11.7. The summed E-state index contributed by atoms with van der Waals surface area (Å²) in [6, 6.07) is 0. The first-order valence-corrected chi connectivity index (χ1v) is 9.40. The standard InChI is InChI=1S/C12H22O3Si/c1-5-14-12(13)10-8-6-7-9-11(10)15-16(2,3)4/h8,11H,5-7,9H2,1-4H3. The van der Waals surface area contributed by atoms with Gasteiger partial charge in [0.15, 0.2) is 8.32 Å². The van der Waals surface area contributed by atoms with E-state index in [0.717, 1.165) is 24.8 Å². The van der Waals surface area contributed by atoms with Crippen LogP contribution < -0.4 is 0 Å². The molecule has 0 heterocycles. The van der Waals surface area contributed by atoms with Crippen molar-refractivity contribution >= 4 is 14.3 Å². The fourth-order valence-corrected chi connectivity index (χ4v) is 2.92. The van der Waals surface area contributed by atoms with Gasteiger partial charge in [0.2, 0.25) is 0 Å². The van der Waals surface area contributed by atoms with Crippen LogP contribution in [0.2, 0.25) is 19.6 Å². The summed E-state index contributed by atoms with van der Waals surface area (Å²) in [5, 5.41) is 0. The highest BCUT2D eigenvalue weighted by Gasteiger charge is 2.29. The van der Waals surface area contributed by atoms with Crippen molar-refractivity contribution in [1.82, 2.24) is 0 Å². The third-order valence-electron chi connectivity index (χ3n) is 2.39. The number of rotatable bonds is 4. The minimum Gasteiger partial charge on any atom is -0.463 e. The molecule has 1 aliphatic rings. The Labute approximate surface area is 99.0 Å². The molecule has 16 heavy (non-hydrogen) atoms. The lowest BCUT2D eigenvalue weighted by atomic mass is 9.97. The molecule has 0 bridgehead atoms. The molecule has 4 heteroatoms. The van der Waals surface area contributed by atoms with E-state index in [-0.39, 0.29) is 12.1 Å². The molecule has 1 unspecified atom stereocenters. The maximum atomic E-state index is 11.7. The van der Waals surface area contributed by atoms with Gasteiger partial charge in [-0.3, -0.25) is 0 Å². The Morgan fingerprint density at radius 3 is 2.75 bits per heavy atom. The van der Waals surface area contributed by atoms with E-state index in [2.05, 4.69) is 19.6 Å². The van der Waals surface area contributed by atoms with Gasteiger partial charge in [-0.2, -0.15) is 0 Å². The second-order valence-electron chi connectivity index (χ2n) is 5.03. The Hall–Kier alpha value is -0.613. The van der Waals surface area contributed by atoms with Crippen molar-refractivity contribution in [2.24, 2.45) is 0 Å². The van der Waals surface area contributed by atoms with E-state index in [9.17, 15) is 4.79 Å². The van der Waals surface area contributed by atoms with Crippen molar-refractivity contribution in [1.29, 1.82) is 0 Å². The maximum Gasteiger partial charge on any atom is 0.336 e. The predicted octanol–water partition coefficient (Wildman–Crippen LogP) is 2.88. The summed E-state index contributed by atoms with van der Waals surface area (Å²) in [5.41, 5.74) is 0.732. The molecule has 3 nitrogen and oxygen atoms in total. The lowest BCUT2D eigenvalue weighted by Crippen LogP contribution is -2.36. The molecule has 1 atom stereocenters. The van der Waals surface area contributed by atoms with Crippen LogP contribution in [-0.2, 0) is 14.0 Å². The quantitative estimate of drug-likeness (QED) is 0.562. The van der Waals surface area contributed by atoms with Gasteiger partial charge in [0.05, 0.1) is 18.3 Å². The summed E-state index contributed by atoms with van der Waals surface area (Å²) >= 11 is 0. The highest BCUT2D eigenvalue weighted by atomic mass is 28.4. The molecule has 0 saturated heterocycles. The van der Waals surface area contributed by atoms with Gasteiger partial charge in [0.25, 0.3) is 0 Å². The van der Waals surface area contributed by atoms with Crippen LogP contribution >= 0.6 is 0 Å². The minimum absolute atomic E-state index is 0.0422. The van der Waals surface area contributed by atoms with Crippen molar-refractivity contribution in [3.05, 3.63) is 11.6 Å². The molecule has 0 radical (unpaired) electrons. The first-order valence-electron chi connectivity index (χ1n) is 5.99. The van der Waals surface area contributed by atoms with E-state index in [1.165, 1.54) is 0 Å². The number of carbonyl (C=O) groups is 1. The van der Waals surface area contributed by atoms with E-state index in [1.54, 1.807) is 0 Å². The third-order valence-corrected chi connectivity index (χ3v) is 3.38. The van der Waals surface area contributed by atoms with E-state index < -0.39 is 8.32 Å². The molecular formula is C12H22O3Si. The van der Waals surface area contributed by atoms with Gasteiger partial charge < -0.3 is 9.16 Å². The van der Waals surface area contributed by atoms with Gasteiger partial charge in [0, 0.05) is 0 Å². The molecule has 0 spiro atoms.